The first-order chi connectivity index (χ1) is 9.10. The van der Waals surface area contributed by atoms with E-state index in [1.54, 1.807) is 0 Å². The summed E-state index contributed by atoms with van der Waals surface area (Å²) in [5, 5.41) is 0. The van der Waals surface area contributed by atoms with Gasteiger partial charge in [0.1, 0.15) is 4.21 Å². The Kier molecular flexibility index (Phi) is 6.42. The number of rotatable bonds is 8. The summed E-state index contributed by atoms with van der Waals surface area (Å²) in [6.07, 6.45) is -0.0287. The number of nitrogens with one attached hydrogen (secondary N) is 1. The minimum Gasteiger partial charge on any atom is -0.378 e. The standard InChI is InChI=1S/C10H16ClNO5S3/c1-8(2)17-5-6-19(13,14)12-7-9-3-4-10(18-9)20(11,15)16/h3-4,8,12H,5-7H2,1-2H3. The third-order valence-corrected chi connectivity index (χ3v) is 6.61. The van der Waals surface area contributed by atoms with Crippen LogP contribution < -0.4 is 4.72 Å². The van der Waals surface area contributed by atoms with Crippen molar-refractivity contribution < 1.29 is 21.6 Å². The third kappa shape index (κ3) is 6.51. The van der Waals surface area contributed by atoms with Gasteiger partial charge in [0.2, 0.25) is 10.0 Å². The predicted molar refractivity (Wildman–Crippen MR) is 79.1 cm³/mol. The molecule has 0 unspecified atom stereocenters. The molecule has 0 aromatic carbocycles. The Morgan fingerprint density at radius 1 is 1.30 bits per heavy atom. The van der Waals surface area contributed by atoms with Gasteiger partial charge in [0.25, 0.3) is 9.05 Å². The highest BCUT2D eigenvalue weighted by Crippen LogP contribution is 2.24. The first kappa shape index (κ1) is 17.9. The van der Waals surface area contributed by atoms with Gasteiger partial charge >= 0.3 is 0 Å². The molecule has 6 nitrogen and oxygen atoms in total. The molecule has 0 fully saturated rings. The molecule has 0 radical (unpaired) electrons. The van der Waals surface area contributed by atoms with Crippen LogP contribution in [0.15, 0.2) is 16.3 Å². The van der Waals surface area contributed by atoms with E-state index in [9.17, 15) is 16.8 Å². The fraction of sp³-hybridized carbons (Fsp3) is 0.600. The first-order valence-corrected chi connectivity index (χ1v) is 10.5. The van der Waals surface area contributed by atoms with Gasteiger partial charge in [-0.1, -0.05) is 0 Å². The van der Waals surface area contributed by atoms with Crippen molar-refractivity contribution in [2.45, 2.75) is 30.7 Å². The number of thiophene rings is 1. The van der Waals surface area contributed by atoms with Crippen LogP contribution in [-0.4, -0.2) is 35.3 Å². The van der Waals surface area contributed by atoms with Crippen LogP contribution in [0.1, 0.15) is 18.7 Å². The minimum atomic E-state index is -3.77. The van der Waals surface area contributed by atoms with Gasteiger partial charge in [-0.15, -0.1) is 11.3 Å². The van der Waals surface area contributed by atoms with Crippen molar-refractivity contribution in [3.05, 3.63) is 17.0 Å². The van der Waals surface area contributed by atoms with Gasteiger partial charge in [0, 0.05) is 22.1 Å². The second-order valence-electron chi connectivity index (χ2n) is 4.22. The number of hydrogen-bond donors (Lipinski definition) is 1. The van der Waals surface area contributed by atoms with E-state index in [4.69, 9.17) is 15.4 Å². The molecule has 0 saturated heterocycles. The molecule has 0 saturated carbocycles. The average molecular weight is 362 g/mol. The zero-order chi connectivity index (χ0) is 15.4. The zero-order valence-corrected chi connectivity index (χ0v) is 14.2. The van der Waals surface area contributed by atoms with Gasteiger partial charge in [-0.05, 0) is 26.0 Å². The van der Waals surface area contributed by atoms with Gasteiger partial charge in [-0.2, -0.15) is 0 Å². The predicted octanol–water partition coefficient (Wildman–Crippen LogP) is 1.52. The molecular weight excluding hydrogens is 346 g/mol. The quantitative estimate of drug-likeness (QED) is 0.709. The topological polar surface area (TPSA) is 89.5 Å². The summed E-state index contributed by atoms with van der Waals surface area (Å²) in [7, 11) is -2.03. The lowest BCUT2D eigenvalue weighted by atomic mass is 10.5. The summed E-state index contributed by atoms with van der Waals surface area (Å²) >= 11 is 0.931. The molecule has 1 N–H and O–H groups in total. The summed E-state index contributed by atoms with van der Waals surface area (Å²) in [5.41, 5.74) is 0. The SMILES string of the molecule is CC(C)OCCS(=O)(=O)NCc1ccc(S(=O)(=O)Cl)s1. The van der Waals surface area contributed by atoms with E-state index < -0.39 is 19.1 Å². The highest BCUT2D eigenvalue weighted by Gasteiger charge is 2.15. The Balaban J connectivity index is 2.52. The summed E-state index contributed by atoms with van der Waals surface area (Å²) in [4.78, 5) is 0.567. The minimum absolute atomic E-state index is 0.00324. The smallest absolute Gasteiger partial charge is 0.270 e. The average Bonchev–Trinajstić information content (AvgIpc) is 2.73. The van der Waals surface area contributed by atoms with Gasteiger partial charge in [0.05, 0.1) is 18.5 Å². The van der Waals surface area contributed by atoms with Crippen LogP contribution in [0.4, 0.5) is 0 Å². The molecular formula is C10H16ClNO5S3. The molecule has 1 rings (SSSR count). The lowest BCUT2D eigenvalue weighted by molar-refractivity contribution is 0.0911. The summed E-state index contributed by atoms with van der Waals surface area (Å²) in [6, 6.07) is 2.87. The van der Waals surface area contributed by atoms with Crippen LogP contribution in [-0.2, 0) is 30.4 Å². The van der Waals surface area contributed by atoms with Crippen molar-refractivity contribution >= 4 is 41.1 Å². The van der Waals surface area contributed by atoms with Crippen LogP contribution in [0.5, 0.6) is 0 Å². The van der Waals surface area contributed by atoms with Crippen LogP contribution in [0.3, 0.4) is 0 Å². The lowest BCUT2D eigenvalue weighted by Gasteiger charge is -2.08. The Morgan fingerprint density at radius 3 is 2.45 bits per heavy atom. The molecule has 1 aromatic heterocycles. The van der Waals surface area contributed by atoms with Gasteiger partial charge in [-0.25, -0.2) is 21.6 Å². The largest absolute Gasteiger partial charge is 0.378 e. The maximum absolute atomic E-state index is 11.7. The van der Waals surface area contributed by atoms with E-state index >= 15 is 0 Å². The molecule has 0 bridgehead atoms. The van der Waals surface area contributed by atoms with Gasteiger partial charge < -0.3 is 4.74 Å². The number of ether oxygens (including phenoxy) is 1. The third-order valence-electron chi connectivity index (χ3n) is 2.15. The fourth-order valence-corrected chi connectivity index (χ4v) is 4.22. The maximum Gasteiger partial charge on any atom is 0.270 e. The van der Waals surface area contributed by atoms with E-state index in [0.717, 1.165) is 11.3 Å². The molecule has 116 valence electrons. The van der Waals surface area contributed by atoms with Gasteiger partial charge in [-0.3, -0.25) is 0 Å². The normalized spacial score (nSPS) is 13.0. The Labute approximate surface area is 127 Å². The molecule has 0 spiro atoms. The maximum atomic E-state index is 11.7. The number of halogens is 1. The Morgan fingerprint density at radius 2 is 1.95 bits per heavy atom. The molecule has 1 heterocycles. The Bertz CT molecular complexity index is 636. The molecule has 0 atom stereocenters. The number of hydrogen-bond acceptors (Lipinski definition) is 6. The van der Waals surface area contributed by atoms with E-state index in [2.05, 4.69) is 4.72 Å². The van der Waals surface area contributed by atoms with E-state index in [0.29, 0.717) is 4.88 Å². The molecule has 0 amide bonds. The molecule has 1 aromatic rings. The van der Waals surface area contributed by atoms with E-state index in [1.807, 2.05) is 13.8 Å². The Hall–Kier alpha value is -0.190. The summed E-state index contributed by atoms with van der Waals surface area (Å²) < 4.78 is 53.0. The van der Waals surface area contributed by atoms with Crippen molar-refractivity contribution in [1.82, 2.24) is 4.72 Å². The van der Waals surface area contributed by atoms with Crippen LogP contribution >= 0.6 is 22.0 Å². The number of sulfonamides is 1. The molecule has 0 aliphatic heterocycles. The van der Waals surface area contributed by atoms with Gasteiger partial charge in [0.15, 0.2) is 0 Å². The van der Waals surface area contributed by atoms with Crippen molar-refractivity contribution in [3.8, 4) is 0 Å². The highest BCUT2D eigenvalue weighted by atomic mass is 35.7. The summed E-state index contributed by atoms with van der Waals surface area (Å²) in [5.74, 6) is -0.142. The lowest BCUT2D eigenvalue weighted by Crippen LogP contribution is -2.28. The van der Waals surface area contributed by atoms with Crippen molar-refractivity contribution in [2.75, 3.05) is 12.4 Å². The first-order valence-electron chi connectivity index (χ1n) is 5.72. The second-order valence-corrected chi connectivity index (χ2v) is 10.1. The van der Waals surface area contributed by atoms with Crippen LogP contribution in [0, 0.1) is 0 Å². The monoisotopic (exact) mass is 361 g/mol. The summed E-state index contributed by atoms with van der Waals surface area (Å²) in [6.45, 7) is 3.78. The molecule has 10 heteroatoms. The van der Waals surface area contributed by atoms with Crippen molar-refractivity contribution in [1.29, 1.82) is 0 Å². The molecule has 0 aliphatic rings. The highest BCUT2D eigenvalue weighted by molar-refractivity contribution is 8.15. The molecule has 20 heavy (non-hydrogen) atoms. The van der Waals surface area contributed by atoms with E-state index in [-0.39, 0.29) is 29.2 Å². The van der Waals surface area contributed by atoms with Crippen LogP contribution in [0.2, 0.25) is 0 Å². The second kappa shape index (κ2) is 7.19. The fourth-order valence-electron chi connectivity index (χ4n) is 1.23. The van der Waals surface area contributed by atoms with Crippen LogP contribution in [0.25, 0.3) is 0 Å². The van der Waals surface area contributed by atoms with E-state index in [1.165, 1.54) is 12.1 Å². The van der Waals surface area contributed by atoms with Crippen molar-refractivity contribution in [3.63, 3.8) is 0 Å². The molecule has 0 aliphatic carbocycles. The zero-order valence-electron chi connectivity index (χ0n) is 11.0. The van der Waals surface area contributed by atoms with Crippen molar-refractivity contribution in [2.24, 2.45) is 0 Å².